The van der Waals surface area contributed by atoms with Crippen molar-refractivity contribution < 1.29 is 31.4 Å². The lowest BCUT2D eigenvalue weighted by Crippen LogP contribution is -2.60. The molecular weight excluding hydrogens is 539 g/mol. The molecule has 1 aromatic rings. The summed E-state index contributed by atoms with van der Waals surface area (Å²) >= 11 is 5.35. The number of nitrogens with zero attached hydrogens (tertiary/aromatic N) is 3. The molecule has 2 saturated heterocycles. The molecule has 3 atom stereocenters. The second kappa shape index (κ2) is 11.3. The van der Waals surface area contributed by atoms with Gasteiger partial charge in [-0.2, -0.15) is 17.5 Å². The molecule has 2 fully saturated rings. The number of alkyl halides is 3. The first-order valence-corrected chi connectivity index (χ1v) is 14.6. The summed E-state index contributed by atoms with van der Waals surface area (Å²) in [6.45, 7) is 6.05. The predicted molar refractivity (Wildman–Crippen MR) is 145 cm³/mol. The van der Waals surface area contributed by atoms with E-state index < -0.39 is 21.8 Å². The molecule has 210 valence electrons. The van der Waals surface area contributed by atoms with E-state index in [1.807, 2.05) is 11.0 Å². The zero-order chi connectivity index (χ0) is 27.7. The van der Waals surface area contributed by atoms with Gasteiger partial charge < -0.3 is 14.7 Å². The number of hydrogen-bond acceptors (Lipinski definition) is 7. The number of piperazine rings is 1. The number of hydrogen-bond donors (Lipinski definition) is 1. The Morgan fingerprint density at radius 2 is 1.84 bits per heavy atom. The molecule has 4 rings (SSSR count). The van der Waals surface area contributed by atoms with Gasteiger partial charge in [0.05, 0.1) is 24.2 Å². The smallest absolute Gasteiger partial charge is 0.378 e. The van der Waals surface area contributed by atoms with Crippen molar-refractivity contribution in [1.82, 2.24) is 9.21 Å². The van der Waals surface area contributed by atoms with Gasteiger partial charge in [0.15, 0.2) is 5.60 Å². The van der Waals surface area contributed by atoms with Crippen LogP contribution in [0.2, 0.25) is 0 Å². The van der Waals surface area contributed by atoms with Gasteiger partial charge in [-0.25, -0.2) is 8.42 Å². The van der Waals surface area contributed by atoms with Crippen molar-refractivity contribution in [3.05, 3.63) is 53.0 Å². The number of thiocarbonyl (C=S) groups is 1. The van der Waals surface area contributed by atoms with Gasteiger partial charge in [0, 0.05) is 55.7 Å². The van der Waals surface area contributed by atoms with Crippen LogP contribution >= 0.6 is 12.2 Å². The van der Waals surface area contributed by atoms with Gasteiger partial charge in [0.2, 0.25) is 10.0 Å². The number of sulfonamides is 1. The molecule has 1 aromatic carbocycles. The normalized spacial score (nSPS) is 25.8. The molecule has 38 heavy (non-hydrogen) atoms. The first-order chi connectivity index (χ1) is 17.9. The van der Waals surface area contributed by atoms with E-state index in [9.17, 15) is 26.7 Å². The SMILES string of the molecule is CC[C@H]1COCCN1C[C@H]1CN(S(=O)(=O)C2=CC=CCC2=S)CCN1c1ccc([C@@](C)(O)C(F)(F)F)cc1. The third-order valence-corrected chi connectivity index (χ3v) is 10.1. The third kappa shape index (κ3) is 5.85. The number of aliphatic hydroxyl groups is 1. The van der Waals surface area contributed by atoms with Crippen molar-refractivity contribution >= 4 is 32.8 Å². The van der Waals surface area contributed by atoms with Crippen LogP contribution in [-0.4, -0.2) is 91.8 Å². The average molecular weight is 574 g/mol. The maximum atomic E-state index is 13.6. The first-order valence-electron chi connectivity index (χ1n) is 12.7. The minimum absolute atomic E-state index is 0.152. The van der Waals surface area contributed by atoms with Crippen molar-refractivity contribution in [3.8, 4) is 0 Å². The van der Waals surface area contributed by atoms with Crippen LogP contribution in [0.3, 0.4) is 0 Å². The van der Waals surface area contributed by atoms with Crippen LogP contribution in [0.5, 0.6) is 0 Å². The standard InChI is InChI=1S/C26H34F3N3O4S2/c1-3-20-18-36-15-14-30(20)16-22-17-31(38(34,35)24-7-5-4-6-23(24)37)12-13-32(22)21-10-8-19(9-11-21)25(2,33)26(27,28)29/h4-5,7-11,20,22,33H,3,6,12-18H2,1-2H3/t20-,22-,25+/m0/s1. The minimum Gasteiger partial charge on any atom is -0.378 e. The fourth-order valence-electron chi connectivity index (χ4n) is 5.15. The lowest BCUT2D eigenvalue weighted by atomic mass is 9.95. The Morgan fingerprint density at radius 1 is 1.13 bits per heavy atom. The van der Waals surface area contributed by atoms with E-state index in [0.29, 0.717) is 49.8 Å². The van der Waals surface area contributed by atoms with Gasteiger partial charge in [-0.05, 0) is 37.1 Å². The van der Waals surface area contributed by atoms with Crippen LogP contribution < -0.4 is 4.90 Å². The van der Waals surface area contributed by atoms with Crippen LogP contribution in [0, 0.1) is 0 Å². The quantitative estimate of drug-likeness (QED) is 0.500. The van der Waals surface area contributed by atoms with Crippen LogP contribution in [0.15, 0.2) is 47.4 Å². The number of halogens is 3. The number of allylic oxidation sites excluding steroid dienone is 4. The number of anilines is 1. The molecule has 0 aromatic heterocycles. The molecule has 3 aliphatic rings. The summed E-state index contributed by atoms with van der Waals surface area (Å²) in [5, 5.41) is 10.1. The van der Waals surface area contributed by atoms with Gasteiger partial charge in [-0.1, -0.05) is 43.4 Å². The van der Waals surface area contributed by atoms with Gasteiger partial charge in [0.1, 0.15) is 0 Å². The molecular formula is C26H34F3N3O4S2. The fraction of sp³-hybridized carbons (Fsp3) is 0.577. The van der Waals surface area contributed by atoms with E-state index in [1.54, 1.807) is 24.3 Å². The molecule has 0 amide bonds. The van der Waals surface area contributed by atoms with E-state index in [4.69, 9.17) is 17.0 Å². The van der Waals surface area contributed by atoms with E-state index in [0.717, 1.165) is 13.3 Å². The summed E-state index contributed by atoms with van der Waals surface area (Å²) in [6.07, 6.45) is 1.54. The molecule has 2 aliphatic heterocycles. The summed E-state index contributed by atoms with van der Waals surface area (Å²) in [5.41, 5.74) is -2.55. The summed E-state index contributed by atoms with van der Waals surface area (Å²) < 4.78 is 74.2. The van der Waals surface area contributed by atoms with Crippen molar-refractivity contribution in [2.75, 3.05) is 50.8 Å². The third-order valence-electron chi connectivity index (χ3n) is 7.60. The van der Waals surface area contributed by atoms with Crippen LogP contribution in [0.4, 0.5) is 18.9 Å². The molecule has 0 saturated carbocycles. The van der Waals surface area contributed by atoms with Crippen LogP contribution in [0.1, 0.15) is 32.3 Å². The Bertz CT molecular complexity index is 1180. The van der Waals surface area contributed by atoms with Gasteiger partial charge in [0.25, 0.3) is 0 Å². The van der Waals surface area contributed by atoms with Crippen molar-refractivity contribution in [1.29, 1.82) is 0 Å². The zero-order valence-electron chi connectivity index (χ0n) is 21.5. The van der Waals surface area contributed by atoms with Crippen LogP contribution in [0.25, 0.3) is 0 Å². The van der Waals surface area contributed by atoms with Crippen molar-refractivity contribution in [3.63, 3.8) is 0 Å². The summed E-state index contributed by atoms with van der Waals surface area (Å²) in [7, 11) is -3.80. The summed E-state index contributed by atoms with van der Waals surface area (Å²) in [5.74, 6) is 0. The highest BCUT2D eigenvalue weighted by atomic mass is 32.2. The van der Waals surface area contributed by atoms with Gasteiger partial charge in [-0.3, -0.25) is 4.90 Å². The maximum absolute atomic E-state index is 13.6. The molecule has 0 spiro atoms. The highest BCUT2D eigenvalue weighted by Crippen LogP contribution is 2.39. The fourth-order valence-corrected chi connectivity index (χ4v) is 7.22. The summed E-state index contributed by atoms with van der Waals surface area (Å²) in [6, 6.07) is 5.63. The lowest BCUT2D eigenvalue weighted by Gasteiger charge is -2.46. The monoisotopic (exact) mass is 573 g/mol. The Balaban J connectivity index is 1.62. The minimum atomic E-state index is -4.81. The largest absolute Gasteiger partial charge is 0.421 e. The molecule has 0 bridgehead atoms. The van der Waals surface area contributed by atoms with E-state index in [2.05, 4.69) is 11.8 Å². The van der Waals surface area contributed by atoms with Gasteiger partial charge >= 0.3 is 6.18 Å². The van der Waals surface area contributed by atoms with Crippen molar-refractivity contribution in [2.45, 2.75) is 50.6 Å². The first kappa shape index (κ1) is 29.2. The predicted octanol–water partition coefficient (Wildman–Crippen LogP) is 3.60. The topological polar surface area (TPSA) is 73.3 Å². The van der Waals surface area contributed by atoms with E-state index in [-0.39, 0.29) is 35.6 Å². The lowest BCUT2D eigenvalue weighted by molar-refractivity contribution is -0.258. The number of ether oxygens (including phenoxy) is 1. The van der Waals surface area contributed by atoms with Gasteiger partial charge in [-0.15, -0.1) is 0 Å². The van der Waals surface area contributed by atoms with E-state index >= 15 is 0 Å². The molecule has 1 N–H and O–H groups in total. The molecule has 7 nitrogen and oxygen atoms in total. The highest BCUT2D eigenvalue weighted by molar-refractivity contribution is 7.96. The second-order valence-corrected chi connectivity index (χ2v) is 12.4. The molecule has 0 radical (unpaired) electrons. The van der Waals surface area contributed by atoms with Crippen LogP contribution in [-0.2, 0) is 20.4 Å². The Kier molecular flexibility index (Phi) is 8.70. The number of benzene rings is 1. The Labute approximate surface area is 227 Å². The maximum Gasteiger partial charge on any atom is 0.421 e. The highest BCUT2D eigenvalue weighted by Gasteiger charge is 2.51. The Hall–Kier alpha value is -1.83. The average Bonchev–Trinajstić information content (AvgIpc) is 2.88. The molecule has 0 unspecified atom stereocenters. The Morgan fingerprint density at radius 3 is 2.47 bits per heavy atom. The van der Waals surface area contributed by atoms with E-state index in [1.165, 1.54) is 16.4 Å². The van der Waals surface area contributed by atoms with Crippen molar-refractivity contribution in [2.24, 2.45) is 0 Å². The molecule has 2 heterocycles. The molecule has 1 aliphatic carbocycles. The molecule has 12 heteroatoms. The second-order valence-electron chi connectivity index (χ2n) is 10.0. The zero-order valence-corrected chi connectivity index (χ0v) is 23.2. The number of morpholine rings is 1. The number of rotatable bonds is 7. The summed E-state index contributed by atoms with van der Waals surface area (Å²) in [4.78, 5) is 4.89.